The van der Waals surface area contributed by atoms with Crippen LogP contribution in [0.25, 0.3) is 10.2 Å². The zero-order valence-corrected chi connectivity index (χ0v) is 12.5. The molecule has 2 aromatic carbocycles. The number of carbonyl (C=O) groups is 1. The van der Waals surface area contributed by atoms with Gasteiger partial charge >= 0.3 is 0 Å². The van der Waals surface area contributed by atoms with Crippen LogP contribution in [0.3, 0.4) is 0 Å². The highest BCUT2D eigenvalue weighted by Gasteiger charge is 2.11. The summed E-state index contributed by atoms with van der Waals surface area (Å²) in [5, 5.41) is 12.1. The Bertz CT molecular complexity index is 896. The fraction of sp³-hybridized carbons (Fsp3) is 0.0625. The molecule has 0 aliphatic carbocycles. The zero-order valence-electron chi connectivity index (χ0n) is 11.7. The second-order valence-corrected chi connectivity index (χ2v) is 5.53. The highest BCUT2D eigenvalue weighted by Crippen LogP contribution is 2.29. The molecule has 0 spiro atoms. The van der Waals surface area contributed by atoms with E-state index >= 15 is 0 Å². The van der Waals surface area contributed by atoms with Gasteiger partial charge in [-0.1, -0.05) is 17.4 Å². The normalized spacial score (nSPS) is 10.2. The fourth-order valence-electron chi connectivity index (χ4n) is 1.98. The number of thiazole rings is 1. The zero-order chi connectivity index (χ0) is 15.5. The number of fused-ring (bicyclic) bond motifs is 1. The van der Waals surface area contributed by atoms with Crippen LogP contribution in [-0.2, 0) is 0 Å². The van der Waals surface area contributed by atoms with E-state index in [-0.39, 0.29) is 5.91 Å². The van der Waals surface area contributed by atoms with Crippen molar-refractivity contribution in [2.75, 3.05) is 12.4 Å². The molecule has 1 amide bonds. The number of hydrogen-bond acceptors (Lipinski definition) is 5. The SMILES string of the molecule is COc1ccc2nc(NC(=O)c3cccc(C#N)c3)sc2c1. The lowest BCUT2D eigenvalue weighted by molar-refractivity contribution is 0.102. The first-order valence-electron chi connectivity index (χ1n) is 6.45. The highest BCUT2D eigenvalue weighted by atomic mass is 32.1. The lowest BCUT2D eigenvalue weighted by Crippen LogP contribution is -2.11. The number of methoxy groups -OCH3 is 1. The second-order valence-electron chi connectivity index (χ2n) is 4.50. The lowest BCUT2D eigenvalue weighted by atomic mass is 10.1. The van der Waals surface area contributed by atoms with Gasteiger partial charge in [-0.2, -0.15) is 5.26 Å². The van der Waals surface area contributed by atoms with Crippen molar-refractivity contribution in [3.8, 4) is 11.8 Å². The summed E-state index contributed by atoms with van der Waals surface area (Å²) in [6.45, 7) is 0. The summed E-state index contributed by atoms with van der Waals surface area (Å²) in [4.78, 5) is 16.6. The van der Waals surface area contributed by atoms with Crippen LogP contribution in [0.15, 0.2) is 42.5 Å². The number of rotatable bonds is 3. The summed E-state index contributed by atoms with van der Waals surface area (Å²) < 4.78 is 6.10. The fourth-order valence-corrected chi connectivity index (χ4v) is 2.87. The molecule has 108 valence electrons. The van der Waals surface area contributed by atoms with Crippen LogP contribution in [-0.4, -0.2) is 18.0 Å². The summed E-state index contributed by atoms with van der Waals surface area (Å²) in [7, 11) is 1.60. The van der Waals surface area contributed by atoms with E-state index in [1.165, 1.54) is 11.3 Å². The summed E-state index contributed by atoms with van der Waals surface area (Å²) >= 11 is 1.37. The van der Waals surface area contributed by atoms with Gasteiger partial charge in [0.05, 0.1) is 29.0 Å². The molecule has 1 aromatic heterocycles. The number of ether oxygens (including phenoxy) is 1. The maximum absolute atomic E-state index is 12.2. The molecule has 0 aliphatic heterocycles. The van der Waals surface area contributed by atoms with E-state index < -0.39 is 0 Å². The third-order valence-electron chi connectivity index (χ3n) is 3.07. The Morgan fingerprint density at radius 3 is 2.95 bits per heavy atom. The number of hydrogen-bond donors (Lipinski definition) is 1. The molecule has 5 nitrogen and oxygen atoms in total. The Balaban J connectivity index is 1.86. The van der Waals surface area contributed by atoms with Gasteiger partial charge in [0, 0.05) is 5.56 Å². The quantitative estimate of drug-likeness (QED) is 0.804. The number of nitrogens with zero attached hydrogens (tertiary/aromatic N) is 2. The van der Waals surface area contributed by atoms with Crippen LogP contribution in [0.2, 0.25) is 0 Å². The first-order valence-corrected chi connectivity index (χ1v) is 7.27. The number of benzene rings is 2. The van der Waals surface area contributed by atoms with Crippen LogP contribution < -0.4 is 10.1 Å². The van der Waals surface area contributed by atoms with Gasteiger partial charge in [0.25, 0.3) is 5.91 Å². The molecular weight excluding hydrogens is 298 g/mol. The molecule has 3 rings (SSSR count). The summed E-state index contributed by atoms with van der Waals surface area (Å²) in [6, 6.07) is 14.1. The molecule has 0 saturated carbocycles. The van der Waals surface area contributed by atoms with Crippen LogP contribution >= 0.6 is 11.3 Å². The molecule has 0 bridgehead atoms. The van der Waals surface area contributed by atoms with Gasteiger partial charge in [-0.25, -0.2) is 4.98 Å². The second kappa shape index (κ2) is 5.84. The Labute approximate surface area is 130 Å². The average molecular weight is 309 g/mol. The Hall–Kier alpha value is -2.91. The molecule has 22 heavy (non-hydrogen) atoms. The van der Waals surface area contributed by atoms with Crippen molar-refractivity contribution in [2.24, 2.45) is 0 Å². The Morgan fingerprint density at radius 2 is 2.18 bits per heavy atom. The molecule has 6 heteroatoms. The number of aromatic nitrogens is 1. The van der Waals surface area contributed by atoms with Gasteiger partial charge < -0.3 is 4.74 Å². The van der Waals surface area contributed by atoms with Gasteiger partial charge in [-0.05, 0) is 36.4 Å². The maximum atomic E-state index is 12.2. The van der Waals surface area contributed by atoms with E-state index in [4.69, 9.17) is 10.00 Å². The van der Waals surface area contributed by atoms with Gasteiger partial charge in [0.1, 0.15) is 5.75 Å². The average Bonchev–Trinajstić information content (AvgIpc) is 2.95. The standard InChI is InChI=1S/C16H11N3O2S/c1-21-12-5-6-13-14(8-12)22-16(18-13)19-15(20)11-4-2-3-10(7-11)9-17/h2-8H,1H3,(H,18,19,20). The van der Waals surface area contributed by atoms with Crippen molar-refractivity contribution in [3.63, 3.8) is 0 Å². The van der Waals surface area contributed by atoms with Crippen LogP contribution in [0.4, 0.5) is 5.13 Å². The van der Waals surface area contributed by atoms with E-state index in [0.717, 1.165) is 16.0 Å². The van der Waals surface area contributed by atoms with Crippen LogP contribution in [0, 0.1) is 11.3 Å². The van der Waals surface area contributed by atoms with E-state index in [1.807, 2.05) is 24.3 Å². The molecule has 0 unspecified atom stereocenters. The van der Waals surface area contributed by atoms with Crippen molar-refractivity contribution in [1.29, 1.82) is 5.26 Å². The van der Waals surface area contributed by atoms with Crippen LogP contribution in [0.1, 0.15) is 15.9 Å². The Morgan fingerprint density at radius 1 is 1.32 bits per heavy atom. The molecular formula is C16H11N3O2S. The molecule has 3 aromatic rings. The maximum Gasteiger partial charge on any atom is 0.257 e. The van der Waals surface area contributed by atoms with Crippen molar-refractivity contribution >= 4 is 32.6 Å². The van der Waals surface area contributed by atoms with Crippen LogP contribution in [0.5, 0.6) is 5.75 Å². The molecule has 0 saturated heterocycles. The molecule has 1 N–H and O–H groups in total. The molecule has 0 radical (unpaired) electrons. The summed E-state index contributed by atoms with van der Waals surface area (Å²) in [6.07, 6.45) is 0. The first kappa shape index (κ1) is 14.0. The van der Waals surface area contributed by atoms with E-state index in [0.29, 0.717) is 16.3 Å². The molecule has 0 fully saturated rings. The first-order chi connectivity index (χ1) is 10.7. The topological polar surface area (TPSA) is 75.0 Å². The smallest absolute Gasteiger partial charge is 0.257 e. The van der Waals surface area contributed by atoms with Crippen molar-refractivity contribution in [3.05, 3.63) is 53.6 Å². The number of nitrogens with one attached hydrogen (secondary N) is 1. The molecule has 0 aliphatic rings. The minimum Gasteiger partial charge on any atom is -0.497 e. The predicted molar refractivity (Wildman–Crippen MR) is 85.3 cm³/mol. The predicted octanol–water partition coefficient (Wildman–Crippen LogP) is 3.43. The third-order valence-corrected chi connectivity index (χ3v) is 4.00. The third kappa shape index (κ3) is 2.75. The van der Waals surface area contributed by atoms with Gasteiger partial charge in [-0.15, -0.1) is 0 Å². The highest BCUT2D eigenvalue weighted by molar-refractivity contribution is 7.22. The molecule has 1 heterocycles. The number of anilines is 1. The van der Waals surface area contributed by atoms with Crippen molar-refractivity contribution in [2.45, 2.75) is 0 Å². The minimum absolute atomic E-state index is 0.289. The van der Waals surface area contributed by atoms with E-state index in [9.17, 15) is 4.79 Å². The number of amides is 1. The molecule has 0 atom stereocenters. The monoisotopic (exact) mass is 309 g/mol. The lowest BCUT2D eigenvalue weighted by Gasteiger charge is -2.01. The summed E-state index contributed by atoms with van der Waals surface area (Å²) in [5.74, 6) is 0.457. The number of carbonyl (C=O) groups excluding carboxylic acids is 1. The minimum atomic E-state index is -0.289. The van der Waals surface area contributed by atoms with Gasteiger partial charge in [0.15, 0.2) is 5.13 Å². The largest absolute Gasteiger partial charge is 0.497 e. The number of nitriles is 1. The Kier molecular flexibility index (Phi) is 3.73. The summed E-state index contributed by atoms with van der Waals surface area (Å²) in [5.41, 5.74) is 1.67. The van der Waals surface area contributed by atoms with E-state index in [2.05, 4.69) is 10.3 Å². The van der Waals surface area contributed by atoms with E-state index in [1.54, 1.807) is 31.4 Å². The van der Waals surface area contributed by atoms with Gasteiger partial charge in [-0.3, -0.25) is 10.1 Å². The van der Waals surface area contributed by atoms with Crippen molar-refractivity contribution < 1.29 is 9.53 Å². The van der Waals surface area contributed by atoms with Crippen molar-refractivity contribution in [1.82, 2.24) is 4.98 Å². The van der Waals surface area contributed by atoms with Gasteiger partial charge in [0.2, 0.25) is 0 Å².